The number of aromatic nitrogens is 4. The zero-order chi connectivity index (χ0) is 43.7. The van der Waals surface area contributed by atoms with E-state index < -0.39 is 0 Å². The summed E-state index contributed by atoms with van der Waals surface area (Å²) in [7, 11) is 0. The predicted molar refractivity (Wildman–Crippen MR) is 259 cm³/mol. The summed E-state index contributed by atoms with van der Waals surface area (Å²) in [4.78, 5) is 10.7. The molecule has 0 aliphatic carbocycles. The van der Waals surface area contributed by atoms with Crippen molar-refractivity contribution in [1.82, 2.24) is 19.1 Å². The van der Waals surface area contributed by atoms with Gasteiger partial charge >= 0.3 is 0 Å². The third-order valence-corrected chi connectivity index (χ3v) is 13.3. The summed E-state index contributed by atoms with van der Waals surface area (Å²) >= 11 is 0. The van der Waals surface area contributed by atoms with Gasteiger partial charge in [-0.05, 0) is 92.1 Å². The van der Waals surface area contributed by atoms with Crippen LogP contribution in [0.5, 0.6) is 5.75 Å². The molecule has 4 heterocycles. The van der Waals surface area contributed by atoms with Gasteiger partial charge in [0.15, 0.2) is 0 Å². The van der Waals surface area contributed by atoms with Gasteiger partial charge in [0, 0.05) is 39.1 Å². The predicted octanol–water partition coefficient (Wildman–Crippen LogP) is 14.8. The number of rotatable bonds is 4. The number of para-hydroxylation sites is 2. The first-order valence-corrected chi connectivity index (χ1v) is 22.0. The van der Waals surface area contributed by atoms with Gasteiger partial charge in [-0.25, -0.2) is 9.97 Å². The number of benzene rings is 6. The monoisotopic (exact) mass is 812 g/mol. The highest BCUT2D eigenvalue weighted by Crippen LogP contribution is 2.50. The molecular formula is C57H56N4O. The number of hydrogen-bond acceptors (Lipinski definition) is 3. The summed E-state index contributed by atoms with van der Waals surface area (Å²) in [5.74, 6) is 0.972. The number of phenolic OH excluding ortho intramolecular Hbond substituents is 1. The Bertz CT molecular complexity index is 3270. The standard InChI is InChI=1S/C57H56N4O/c1-54(2,3)36-26-28-46(41(31-36)34-18-13-12-14-19-34)60-47-24-16-20-38(49(47)59-53(60)42-32-37(55(4,5)6)33-45(51(42)62)56(7,8)9)35-25-27-43-48(30-35)61-50-39(40-22-17-29-58-52(40)61)21-15-23-44(50)57(43,10)11/h12-33,62H,1-11H3. The van der Waals surface area contributed by atoms with Gasteiger partial charge in [-0.2, -0.15) is 0 Å². The molecule has 10 rings (SSSR count). The van der Waals surface area contributed by atoms with Crippen LogP contribution in [0, 0.1) is 0 Å². The maximum absolute atomic E-state index is 12.5. The lowest BCUT2D eigenvalue weighted by atomic mass is 9.74. The smallest absolute Gasteiger partial charge is 0.149 e. The molecule has 0 radical (unpaired) electrons. The van der Waals surface area contributed by atoms with Crippen LogP contribution in [0.1, 0.15) is 104 Å². The number of nitrogens with zero attached hydrogens (tertiary/aromatic N) is 4. The van der Waals surface area contributed by atoms with Crippen LogP contribution in [-0.4, -0.2) is 24.2 Å². The highest BCUT2D eigenvalue weighted by Gasteiger charge is 2.36. The van der Waals surface area contributed by atoms with Crippen molar-refractivity contribution in [3.8, 4) is 50.8 Å². The van der Waals surface area contributed by atoms with Crippen LogP contribution in [0.2, 0.25) is 0 Å². The molecule has 5 heteroatoms. The van der Waals surface area contributed by atoms with Crippen molar-refractivity contribution in [3.05, 3.63) is 161 Å². The average Bonchev–Trinajstić information content (AvgIpc) is 3.78. The molecule has 0 atom stereocenters. The molecule has 62 heavy (non-hydrogen) atoms. The van der Waals surface area contributed by atoms with Crippen molar-refractivity contribution in [3.63, 3.8) is 0 Å². The second-order valence-corrected chi connectivity index (χ2v) is 21.0. The maximum atomic E-state index is 12.5. The lowest BCUT2D eigenvalue weighted by Crippen LogP contribution is -2.26. The second-order valence-electron chi connectivity index (χ2n) is 21.0. The summed E-state index contributed by atoms with van der Waals surface area (Å²) in [6, 6.07) is 46.2. The first-order chi connectivity index (χ1) is 29.3. The summed E-state index contributed by atoms with van der Waals surface area (Å²) in [5, 5.41) is 14.9. The lowest BCUT2D eigenvalue weighted by molar-refractivity contribution is 0.446. The normalized spacial score (nSPS) is 13.9. The van der Waals surface area contributed by atoms with Crippen LogP contribution in [-0.2, 0) is 21.7 Å². The minimum Gasteiger partial charge on any atom is -0.507 e. The number of imidazole rings is 1. The molecule has 310 valence electrons. The van der Waals surface area contributed by atoms with E-state index in [1.165, 1.54) is 27.6 Å². The molecular weight excluding hydrogens is 757 g/mol. The van der Waals surface area contributed by atoms with Gasteiger partial charge in [-0.1, -0.05) is 161 Å². The quantitative estimate of drug-likeness (QED) is 0.193. The second kappa shape index (κ2) is 13.5. The average molecular weight is 813 g/mol. The van der Waals surface area contributed by atoms with Gasteiger partial charge in [-0.3, -0.25) is 9.13 Å². The molecule has 1 aliphatic heterocycles. The maximum Gasteiger partial charge on any atom is 0.149 e. The third kappa shape index (κ3) is 6.03. The van der Waals surface area contributed by atoms with Crippen molar-refractivity contribution >= 4 is 33.0 Å². The fourth-order valence-corrected chi connectivity index (χ4v) is 9.80. The fraction of sp³-hybridized carbons (Fsp3) is 0.263. The Labute approximate surface area is 365 Å². The molecule has 5 nitrogen and oxygen atoms in total. The molecule has 1 N–H and O–H groups in total. The summed E-state index contributed by atoms with van der Waals surface area (Å²) in [5.41, 5.74) is 16.3. The molecule has 6 aromatic carbocycles. The molecule has 3 aromatic heterocycles. The van der Waals surface area contributed by atoms with Crippen molar-refractivity contribution < 1.29 is 5.11 Å². The molecule has 0 fully saturated rings. The topological polar surface area (TPSA) is 55.9 Å². The number of aromatic hydroxyl groups is 1. The molecule has 0 spiro atoms. The van der Waals surface area contributed by atoms with Gasteiger partial charge < -0.3 is 5.11 Å². The SMILES string of the molecule is CC(C)(C)c1ccc(-n2c(-c3cc(C(C)(C)C)cc(C(C)(C)C)c3O)nc3c(-c4ccc5c(c4)-n4c6ncccc6c6cccc(c64)C5(C)C)cccc32)c(-c2ccccc2)c1. The summed E-state index contributed by atoms with van der Waals surface area (Å²) in [6.07, 6.45) is 1.90. The minimum absolute atomic E-state index is 0.0658. The lowest BCUT2D eigenvalue weighted by Gasteiger charge is -2.34. The largest absolute Gasteiger partial charge is 0.507 e. The van der Waals surface area contributed by atoms with Crippen LogP contribution in [0.25, 0.3) is 78.0 Å². The molecule has 0 amide bonds. The summed E-state index contributed by atoms with van der Waals surface area (Å²) < 4.78 is 4.67. The Hall–Kier alpha value is -6.46. The van der Waals surface area contributed by atoms with Crippen molar-refractivity contribution in [2.45, 2.75) is 97.8 Å². The Kier molecular flexibility index (Phi) is 8.65. The van der Waals surface area contributed by atoms with E-state index in [1.807, 2.05) is 12.3 Å². The van der Waals surface area contributed by atoms with Crippen LogP contribution >= 0.6 is 0 Å². The molecule has 0 saturated carbocycles. The highest BCUT2D eigenvalue weighted by atomic mass is 16.3. The third-order valence-electron chi connectivity index (χ3n) is 13.3. The van der Waals surface area contributed by atoms with Gasteiger partial charge in [0.2, 0.25) is 0 Å². The molecule has 0 saturated heterocycles. The molecule has 1 aliphatic rings. The molecule has 0 unspecified atom stereocenters. The Morgan fingerprint density at radius 3 is 1.97 bits per heavy atom. The van der Waals surface area contributed by atoms with E-state index in [0.29, 0.717) is 5.82 Å². The number of fused-ring (bicyclic) bond motifs is 6. The van der Waals surface area contributed by atoms with E-state index >= 15 is 0 Å². The van der Waals surface area contributed by atoms with Crippen molar-refractivity contribution in [2.24, 2.45) is 0 Å². The molecule has 9 aromatic rings. The zero-order valence-electron chi connectivity index (χ0n) is 37.9. The first-order valence-electron chi connectivity index (χ1n) is 22.0. The summed E-state index contributed by atoms with van der Waals surface area (Å²) in [6.45, 7) is 24.7. The Balaban J connectivity index is 1.30. The van der Waals surface area contributed by atoms with E-state index in [2.05, 4.69) is 207 Å². The van der Waals surface area contributed by atoms with Gasteiger partial charge in [0.25, 0.3) is 0 Å². The van der Waals surface area contributed by atoms with E-state index in [1.54, 1.807) is 0 Å². The minimum atomic E-state index is -0.315. The van der Waals surface area contributed by atoms with E-state index in [9.17, 15) is 5.11 Å². The van der Waals surface area contributed by atoms with Crippen LogP contribution < -0.4 is 0 Å². The Morgan fingerprint density at radius 1 is 0.532 bits per heavy atom. The van der Waals surface area contributed by atoms with Gasteiger partial charge in [-0.15, -0.1) is 0 Å². The Morgan fingerprint density at radius 2 is 1.24 bits per heavy atom. The van der Waals surface area contributed by atoms with E-state index in [0.717, 1.165) is 72.4 Å². The van der Waals surface area contributed by atoms with E-state index in [-0.39, 0.29) is 27.4 Å². The number of phenols is 1. The zero-order valence-corrected chi connectivity index (χ0v) is 37.9. The van der Waals surface area contributed by atoms with Crippen LogP contribution in [0.4, 0.5) is 0 Å². The van der Waals surface area contributed by atoms with Crippen molar-refractivity contribution in [2.75, 3.05) is 0 Å². The van der Waals surface area contributed by atoms with Crippen LogP contribution in [0.15, 0.2) is 134 Å². The van der Waals surface area contributed by atoms with E-state index in [4.69, 9.17) is 9.97 Å². The van der Waals surface area contributed by atoms with Crippen LogP contribution in [0.3, 0.4) is 0 Å². The van der Waals surface area contributed by atoms with Gasteiger partial charge in [0.1, 0.15) is 17.2 Å². The van der Waals surface area contributed by atoms with Crippen molar-refractivity contribution in [1.29, 1.82) is 0 Å². The molecule has 0 bridgehead atoms. The number of hydrogen-bond donors (Lipinski definition) is 1. The number of pyridine rings is 1. The highest BCUT2D eigenvalue weighted by molar-refractivity contribution is 6.10. The fourth-order valence-electron chi connectivity index (χ4n) is 9.80. The van der Waals surface area contributed by atoms with Gasteiger partial charge in [0.05, 0.1) is 33.5 Å². The first kappa shape index (κ1) is 39.7.